The molecule has 1 aliphatic heterocycles. The topological polar surface area (TPSA) is 64.8 Å². The molecule has 2 aromatic heterocycles. The Bertz CT molecular complexity index is 1050. The molecule has 0 bridgehead atoms. The second-order valence-corrected chi connectivity index (χ2v) is 7.24. The van der Waals surface area contributed by atoms with Crippen LogP contribution in [0.25, 0.3) is 21.9 Å². The highest BCUT2D eigenvalue weighted by molar-refractivity contribution is 8.00. The number of carbonyl (C=O) groups excluding carboxylic acids is 1. The molecule has 2 aromatic carbocycles. The van der Waals surface area contributed by atoms with E-state index in [1.807, 2.05) is 47.5 Å². The minimum absolute atomic E-state index is 0.0110. The van der Waals surface area contributed by atoms with E-state index in [2.05, 4.69) is 27.1 Å². The molecular formula is C19H16N4OS. The molecular weight excluding hydrogens is 332 g/mol. The predicted molar refractivity (Wildman–Crippen MR) is 100 cm³/mol. The quantitative estimate of drug-likeness (QED) is 0.591. The zero-order valence-electron chi connectivity index (χ0n) is 13.4. The fourth-order valence-electron chi connectivity index (χ4n) is 3.42. The van der Waals surface area contributed by atoms with E-state index in [4.69, 9.17) is 0 Å². The van der Waals surface area contributed by atoms with Gasteiger partial charge in [-0.1, -0.05) is 30.3 Å². The lowest BCUT2D eigenvalue weighted by molar-refractivity contribution is -0.128. The van der Waals surface area contributed by atoms with Gasteiger partial charge in [0.05, 0.1) is 23.3 Å². The Morgan fingerprint density at radius 1 is 1.12 bits per heavy atom. The smallest absolute Gasteiger partial charge is 0.234 e. The van der Waals surface area contributed by atoms with Crippen LogP contribution < -0.4 is 0 Å². The average Bonchev–Trinajstić information content (AvgIpc) is 3.32. The van der Waals surface area contributed by atoms with Crippen molar-refractivity contribution in [3.05, 3.63) is 66.1 Å². The predicted octanol–water partition coefficient (Wildman–Crippen LogP) is 3.82. The van der Waals surface area contributed by atoms with Crippen molar-refractivity contribution >= 4 is 39.6 Å². The summed E-state index contributed by atoms with van der Waals surface area (Å²) in [4.78, 5) is 25.7. The number of rotatable bonds is 3. The highest BCUT2D eigenvalue weighted by atomic mass is 32.2. The van der Waals surface area contributed by atoms with Crippen LogP contribution in [0.3, 0.4) is 0 Å². The van der Waals surface area contributed by atoms with Gasteiger partial charge >= 0.3 is 0 Å². The number of nitrogens with one attached hydrogen (secondary N) is 2. The first-order valence-electron chi connectivity index (χ1n) is 8.20. The Kier molecular flexibility index (Phi) is 3.31. The Hall–Kier alpha value is -2.73. The minimum atomic E-state index is 0.0110. The summed E-state index contributed by atoms with van der Waals surface area (Å²) in [6.45, 7) is 0.491. The third-order valence-corrected chi connectivity index (χ3v) is 5.85. The monoisotopic (exact) mass is 348 g/mol. The lowest BCUT2D eigenvalue weighted by Gasteiger charge is -2.22. The van der Waals surface area contributed by atoms with Crippen molar-refractivity contribution in [2.75, 3.05) is 5.75 Å². The van der Waals surface area contributed by atoms with Crippen LogP contribution in [0, 0.1) is 0 Å². The van der Waals surface area contributed by atoms with E-state index >= 15 is 0 Å². The molecule has 0 saturated carbocycles. The van der Waals surface area contributed by atoms with E-state index in [9.17, 15) is 4.79 Å². The van der Waals surface area contributed by atoms with E-state index in [0.29, 0.717) is 12.3 Å². The molecule has 5 nitrogen and oxygen atoms in total. The molecule has 1 amide bonds. The number of benzene rings is 2. The summed E-state index contributed by atoms with van der Waals surface area (Å²) in [6, 6.07) is 16.1. The van der Waals surface area contributed by atoms with Crippen LogP contribution >= 0.6 is 11.8 Å². The molecule has 2 N–H and O–H groups in total. The van der Waals surface area contributed by atoms with E-state index in [0.717, 1.165) is 27.9 Å². The van der Waals surface area contributed by atoms with Crippen LogP contribution in [0.5, 0.6) is 0 Å². The Balaban J connectivity index is 1.51. The van der Waals surface area contributed by atoms with Crippen molar-refractivity contribution < 1.29 is 4.79 Å². The SMILES string of the molecule is O=C1CSC(c2c[nH]c3ccccc23)N1Cc1nc2ccccc2[nH]1. The number of H-pyrrole nitrogens is 2. The van der Waals surface area contributed by atoms with Gasteiger partial charge in [-0.25, -0.2) is 4.98 Å². The van der Waals surface area contributed by atoms with Crippen molar-refractivity contribution in [2.45, 2.75) is 11.9 Å². The molecule has 0 spiro atoms. The number of para-hydroxylation sites is 3. The molecule has 25 heavy (non-hydrogen) atoms. The second-order valence-electron chi connectivity index (χ2n) is 6.18. The molecule has 1 fully saturated rings. The van der Waals surface area contributed by atoms with Crippen LogP contribution in [0.15, 0.2) is 54.7 Å². The van der Waals surface area contributed by atoms with Gasteiger partial charge in [0.25, 0.3) is 0 Å². The fourth-order valence-corrected chi connectivity index (χ4v) is 4.64. The molecule has 1 unspecified atom stereocenters. The molecule has 4 aromatic rings. The van der Waals surface area contributed by atoms with E-state index < -0.39 is 0 Å². The maximum atomic E-state index is 12.5. The van der Waals surface area contributed by atoms with Gasteiger partial charge in [0.15, 0.2) is 0 Å². The largest absolute Gasteiger partial charge is 0.361 e. The molecule has 6 heteroatoms. The summed E-state index contributed by atoms with van der Waals surface area (Å²) in [5, 5.41) is 1.18. The number of aromatic amines is 2. The zero-order valence-corrected chi connectivity index (χ0v) is 14.2. The van der Waals surface area contributed by atoms with Gasteiger partial charge in [-0.3, -0.25) is 4.79 Å². The van der Waals surface area contributed by atoms with Gasteiger partial charge in [-0.15, -0.1) is 11.8 Å². The van der Waals surface area contributed by atoms with Crippen molar-refractivity contribution in [3.63, 3.8) is 0 Å². The van der Waals surface area contributed by atoms with Crippen LogP contribution in [-0.4, -0.2) is 31.5 Å². The number of hydrogen-bond acceptors (Lipinski definition) is 3. The molecule has 1 aliphatic rings. The summed E-state index contributed by atoms with van der Waals surface area (Å²) in [6.07, 6.45) is 2.02. The van der Waals surface area contributed by atoms with Crippen molar-refractivity contribution in [2.24, 2.45) is 0 Å². The number of thioether (sulfide) groups is 1. The van der Waals surface area contributed by atoms with Crippen molar-refractivity contribution in [3.8, 4) is 0 Å². The highest BCUT2D eigenvalue weighted by Gasteiger charge is 2.34. The summed E-state index contributed by atoms with van der Waals surface area (Å²) >= 11 is 1.67. The van der Waals surface area contributed by atoms with Crippen LogP contribution in [0.1, 0.15) is 16.8 Å². The van der Waals surface area contributed by atoms with Gasteiger partial charge in [0.1, 0.15) is 11.2 Å². The normalized spacial score (nSPS) is 17.8. The lowest BCUT2D eigenvalue weighted by Crippen LogP contribution is -2.28. The molecule has 3 heterocycles. The number of imidazole rings is 1. The van der Waals surface area contributed by atoms with E-state index in [1.54, 1.807) is 11.8 Å². The third-order valence-electron chi connectivity index (χ3n) is 4.61. The standard InChI is InChI=1S/C19H16N4OS/c24-18-11-25-19(13-9-20-14-6-2-1-5-12(13)14)23(18)10-17-21-15-7-3-4-8-16(15)22-17/h1-9,19-20H,10-11H2,(H,21,22). The highest BCUT2D eigenvalue weighted by Crippen LogP contribution is 2.42. The summed E-state index contributed by atoms with van der Waals surface area (Å²) < 4.78 is 0. The number of hydrogen-bond donors (Lipinski definition) is 2. The zero-order chi connectivity index (χ0) is 16.8. The third kappa shape index (κ3) is 2.41. The van der Waals surface area contributed by atoms with Crippen LogP contribution in [0.2, 0.25) is 0 Å². The number of carbonyl (C=O) groups is 1. The molecule has 1 saturated heterocycles. The lowest BCUT2D eigenvalue weighted by atomic mass is 10.1. The summed E-state index contributed by atoms with van der Waals surface area (Å²) in [5.74, 6) is 1.48. The molecule has 124 valence electrons. The second kappa shape index (κ2) is 5.67. The fraction of sp³-hybridized carbons (Fsp3) is 0.158. The molecule has 0 aliphatic carbocycles. The Labute approximate surface area is 148 Å². The number of amides is 1. The summed E-state index contributed by atoms with van der Waals surface area (Å²) in [7, 11) is 0. The Morgan fingerprint density at radius 2 is 1.92 bits per heavy atom. The maximum absolute atomic E-state index is 12.5. The first kappa shape index (κ1) is 14.6. The first-order valence-corrected chi connectivity index (χ1v) is 9.25. The van der Waals surface area contributed by atoms with Gasteiger partial charge in [-0.05, 0) is 18.2 Å². The van der Waals surface area contributed by atoms with Gasteiger partial charge < -0.3 is 14.9 Å². The summed E-state index contributed by atoms with van der Waals surface area (Å²) in [5.41, 5.74) is 4.18. The maximum Gasteiger partial charge on any atom is 0.234 e. The van der Waals surface area contributed by atoms with Crippen LogP contribution in [-0.2, 0) is 11.3 Å². The van der Waals surface area contributed by atoms with Crippen molar-refractivity contribution in [1.82, 2.24) is 19.9 Å². The minimum Gasteiger partial charge on any atom is -0.361 e. The van der Waals surface area contributed by atoms with Crippen molar-refractivity contribution in [1.29, 1.82) is 0 Å². The average molecular weight is 348 g/mol. The molecule has 5 rings (SSSR count). The van der Waals surface area contributed by atoms with Crippen LogP contribution in [0.4, 0.5) is 0 Å². The molecule has 0 radical (unpaired) electrons. The number of nitrogens with zero attached hydrogens (tertiary/aromatic N) is 2. The van der Waals surface area contributed by atoms with Gasteiger partial charge in [-0.2, -0.15) is 0 Å². The van der Waals surface area contributed by atoms with Gasteiger partial charge in [0.2, 0.25) is 5.91 Å². The van der Waals surface area contributed by atoms with E-state index in [-0.39, 0.29) is 11.3 Å². The Morgan fingerprint density at radius 3 is 2.80 bits per heavy atom. The van der Waals surface area contributed by atoms with E-state index in [1.165, 1.54) is 5.39 Å². The number of aromatic nitrogens is 3. The molecule has 1 atom stereocenters. The van der Waals surface area contributed by atoms with Gasteiger partial charge in [0, 0.05) is 22.7 Å². The number of fused-ring (bicyclic) bond motifs is 2. The first-order chi connectivity index (χ1) is 12.3.